The number of H-pyrrole nitrogens is 1. The van der Waals surface area contributed by atoms with Crippen molar-refractivity contribution in [3.05, 3.63) is 70.5 Å². The zero-order valence-corrected chi connectivity index (χ0v) is 17.4. The van der Waals surface area contributed by atoms with Gasteiger partial charge in [-0.05, 0) is 36.4 Å². The van der Waals surface area contributed by atoms with Crippen molar-refractivity contribution in [2.75, 3.05) is 10.6 Å². The van der Waals surface area contributed by atoms with E-state index in [1.165, 1.54) is 12.1 Å². The van der Waals surface area contributed by atoms with E-state index in [1.807, 2.05) is 18.2 Å². The SMILES string of the molecule is N#Cc1cc(Nc2cc(Cl)cc(OC(F)(F)F)c2)cc(Nc2cc(Cl)c3cc[nH]c3c2)n1. The van der Waals surface area contributed by atoms with E-state index in [2.05, 4.69) is 25.3 Å². The quantitative estimate of drug-likeness (QED) is 0.284. The topological polar surface area (TPSA) is 85.8 Å². The third-order valence-electron chi connectivity index (χ3n) is 4.22. The first kappa shape index (κ1) is 21.6. The summed E-state index contributed by atoms with van der Waals surface area (Å²) in [6.45, 7) is 0. The summed E-state index contributed by atoms with van der Waals surface area (Å²) in [6, 6.07) is 14.0. The first-order chi connectivity index (χ1) is 15.2. The average molecular weight is 478 g/mol. The van der Waals surface area contributed by atoms with E-state index < -0.39 is 12.1 Å². The molecule has 0 saturated heterocycles. The maximum atomic E-state index is 12.5. The molecule has 0 saturated carbocycles. The van der Waals surface area contributed by atoms with Crippen molar-refractivity contribution in [3.8, 4) is 11.8 Å². The largest absolute Gasteiger partial charge is 0.573 e. The standard InChI is InChI=1S/C21H12Cl2F3N5O/c22-11-3-12(6-16(4-11)32-21(24,25)26)29-13-5-15(10-27)31-20(9-13)30-14-7-18(23)17-1-2-28-19(17)8-14/h1-9,28H,(H2,29,30,31). The molecule has 0 spiro atoms. The molecule has 0 amide bonds. The van der Waals surface area contributed by atoms with Gasteiger partial charge >= 0.3 is 6.36 Å². The van der Waals surface area contributed by atoms with Gasteiger partial charge in [-0.1, -0.05) is 23.2 Å². The molecule has 162 valence electrons. The highest BCUT2D eigenvalue weighted by molar-refractivity contribution is 6.35. The Morgan fingerprint density at radius 3 is 2.47 bits per heavy atom. The number of fused-ring (bicyclic) bond motifs is 1. The van der Waals surface area contributed by atoms with Crippen molar-refractivity contribution >= 4 is 57.0 Å². The van der Waals surface area contributed by atoms with Gasteiger partial charge in [0, 0.05) is 51.3 Å². The van der Waals surface area contributed by atoms with Gasteiger partial charge in [-0.15, -0.1) is 13.2 Å². The van der Waals surface area contributed by atoms with Crippen LogP contribution in [0.4, 0.5) is 36.1 Å². The Morgan fingerprint density at radius 2 is 1.72 bits per heavy atom. The summed E-state index contributed by atoms with van der Waals surface area (Å²) in [5.74, 6) is -0.156. The molecule has 32 heavy (non-hydrogen) atoms. The molecule has 0 fully saturated rings. The number of aromatic amines is 1. The molecule has 11 heteroatoms. The molecule has 0 bridgehead atoms. The zero-order valence-electron chi connectivity index (χ0n) is 15.9. The molecule has 4 rings (SSSR count). The third-order valence-corrected chi connectivity index (χ3v) is 4.76. The summed E-state index contributed by atoms with van der Waals surface area (Å²) in [4.78, 5) is 7.27. The number of rotatable bonds is 5. The third kappa shape index (κ3) is 5.17. The summed E-state index contributed by atoms with van der Waals surface area (Å²) in [7, 11) is 0. The maximum Gasteiger partial charge on any atom is 0.573 e. The summed E-state index contributed by atoms with van der Waals surface area (Å²) in [5, 5.41) is 16.7. The number of halogens is 5. The maximum absolute atomic E-state index is 12.5. The Hall–Kier alpha value is -3.61. The van der Waals surface area contributed by atoms with Crippen molar-refractivity contribution in [3.63, 3.8) is 0 Å². The van der Waals surface area contributed by atoms with Crippen LogP contribution in [0, 0.1) is 11.3 Å². The van der Waals surface area contributed by atoms with Crippen LogP contribution in [0.1, 0.15) is 5.69 Å². The van der Waals surface area contributed by atoms with Crippen LogP contribution in [-0.2, 0) is 0 Å². The number of anilines is 4. The molecule has 2 aromatic carbocycles. The van der Waals surface area contributed by atoms with Gasteiger partial charge in [-0.2, -0.15) is 5.26 Å². The van der Waals surface area contributed by atoms with E-state index >= 15 is 0 Å². The van der Waals surface area contributed by atoms with Gasteiger partial charge in [0.15, 0.2) is 0 Å². The molecule has 4 aromatic rings. The van der Waals surface area contributed by atoms with E-state index in [-0.39, 0.29) is 16.4 Å². The Morgan fingerprint density at radius 1 is 0.969 bits per heavy atom. The lowest BCUT2D eigenvalue weighted by Crippen LogP contribution is -2.17. The van der Waals surface area contributed by atoms with Gasteiger partial charge in [0.25, 0.3) is 0 Å². The highest BCUT2D eigenvalue weighted by Gasteiger charge is 2.31. The molecular weight excluding hydrogens is 466 g/mol. The van der Waals surface area contributed by atoms with Crippen LogP contribution < -0.4 is 15.4 Å². The van der Waals surface area contributed by atoms with Crippen LogP contribution in [0.25, 0.3) is 10.9 Å². The number of nitrogens with zero attached hydrogens (tertiary/aromatic N) is 2. The smallest absolute Gasteiger partial charge is 0.406 e. The highest BCUT2D eigenvalue weighted by Crippen LogP contribution is 2.32. The van der Waals surface area contributed by atoms with Crippen LogP contribution >= 0.6 is 23.2 Å². The number of pyridine rings is 1. The fourth-order valence-corrected chi connectivity index (χ4v) is 3.57. The lowest BCUT2D eigenvalue weighted by atomic mass is 10.2. The summed E-state index contributed by atoms with van der Waals surface area (Å²) in [6.07, 6.45) is -3.09. The number of alkyl halides is 3. The molecule has 2 aromatic heterocycles. The lowest BCUT2D eigenvalue weighted by Gasteiger charge is -2.13. The number of nitriles is 1. The minimum Gasteiger partial charge on any atom is -0.406 e. The van der Waals surface area contributed by atoms with Crippen molar-refractivity contribution < 1.29 is 17.9 Å². The van der Waals surface area contributed by atoms with Crippen molar-refractivity contribution in [1.82, 2.24) is 9.97 Å². The van der Waals surface area contributed by atoms with E-state index in [9.17, 15) is 18.4 Å². The highest BCUT2D eigenvalue weighted by atomic mass is 35.5. The molecule has 6 nitrogen and oxygen atoms in total. The van der Waals surface area contributed by atoms with E-state index in [1.54, 1.807) is 18.3 Å². The second-order valence-electron chi connectivity index (χ2n) is 6.61. The average Bonchev–Trinajstić information content (AvgIpc) is 3.15. The van der Waals surface area contributed by atoms with E-state index in [4.69, 9.17) is 23.2 Å². The molecule has 0 radical (unpaired) electrons. The summed E-state index contributed by atoms with van der Waals surface area (Å²) >= 11 is 12.2. The van der Waals surface area contributed by atoms with E-state index in [0.29, 0.717) is 22.2 Å². The number of nitrogens with one attached hydrogen (secondary N) is 3. The van der Waals surface area contributed by atoms with Crippen molar-refractivity contribution in [2.45, 2.75) is 6.36 Å². The molecular formula is C21H12Cl2F3N5O. The Balaban J connectivity index is 1.63. The number of ether oxygens (including phenoxy) is 1. The molecule has 0 atom stereocenters. The predicted octanol–water partition coefficient (Wildman–Crippen LogP) is 7.13. The molecule has 0 aliphatic rings. The van der Waals surface area contributed by atoms with Crippen LogP contribution in [0.2, 0.25) is 10.0 Å². The van der Waals surface area contributed by atoms with Gasteiger partial charge < -0.3 is 20.4 Å². The minimum absolute atomic E-state index is 0.0380. The predicted molar refractivity (Wildman–Crippen MR) is 117 cm³/mol. The zero-order chi connectivity index (χ0) is 22.9. The minimum atomic E-state index is -4.86. The Kier molecular flexibility index (Phi) is 5.74. The van der Waals surface area contributed by atoms with Crippen LogP contribution in [0.3, 0.4) is 0 Å². The second kappa shape index (κ2) is 8.49. The molecule has 0 aliphatic carbocycles. The van der Waals surface area contributed by atoms with Gasteiger partial charge in [0.1, 0.15) is 23.3 Å². The van der Waals surface area contributed by atoms with Crippen LogP contribution in [0.15, 0.2) is 54.7 Å². The number of hydrogen-bond acceptors (Lipinski definition) is 5. The fourth-order valence-electron chi connectivity index (χ4n) is 3.06. The molecule has 3 N–H and O–H groups in total. The Bertz CT molecular complexity index is 1350. The fraction of sp³-hybridized carbons (Fsp3) is 0.0476. The normalized spacial score (nSPS) is 11.2. The molecule has 0 aliphatic heterocycles. The van der Waals surface area contributed by atoms with Gasteiger partial charge in [0.2, 0.25) is 0 Å². The number of aromatic nitrogens is 2. The summed E-state index contributed by atoms with van der Waals surface area (Å²) in [5.41, 5.74) is 2.14. The van der Waals surface area contributed by atoms with Gasteiger partial charge in [-0.3, -0.25) is 0 Å². The summed E-state index contributed by atoms with van der Waals surface area (Å²) < 4.78 is 41.6. The van der Waals surface area contributed by atoms with Gasteiger partial charge in [-0.25, -0.2) is 4.98 Å². The van der Waals surface area contributed by atoms with Crippen molar-refractivity contribution in [1.29, 1.82) is 5.26 Å². The molecule has 0 unspecified atom stereocenters. The second-order valence-corrected chi connectivity index (χ2v) is 7.45. The monoisotopic (exact) mass is 477 g/mol. The first-order valence-electron chi connectivity index (χ1n) is 8.98. The van der Waals surface area contributed by atoms with Crippen molar-refractivity contribution in [2.24, 2.45) is 0 Å². The lowest BCUT2D eigenvalue weighted by molar-refractivity contribution is -0.274. The van der Waals surface area contributed by atoms with Crippen LogP contribution in [-0.4, -0.2) is 16.3 Å². The first-order valence-corrected chi connectivity index (χ1v) is 9.73. The Labute approximate surface area is 189 Å². The number of hydrogen-bond donors (Lipinski definition) is 3. The number of benzene rings is 2. The van der Waals surface area contributed by atoms with Crippen LogP contribution in [0.5, 0.6) is 5.75 Å². The molecule has 2 heterocycles. The van der Waals surface area contributed by atoms with Gasteiger partial charge in [0.05, 0.1) is 5.02 Å². The van der Waals surface area contributed by atoms with E-state index in [0.717, 1.165) is 23.0 Å².